The van der Waals surface area contributed by atoms with E-state index in [1.807, 2.05) is 0 Å². The Bertz CT molecular complexity index is 345. The monoisotopic (exact) mass is 398 g/mol. The summed E-state index contributed by atoms with van der Waals surface area (Å²) in [6.45, 7) is 2.30. The molecule has 0 bridgehead atoms. The number of esters is 1. The first kappa shape index (κ1) is 24.9. The van der Waals surface area contributed by atoms with E-state index in [-0.39, 0.29) is 5.97 Å². The molecule has 1 aliphatic heterocycles. The first-order chi connectivity index (χ1) is 13.3. The van der Waals surface area contributed by atoms with Crippen molar-refractivity contribution in [1.29, 1.82) is 0 Å². The Morgan fingerprint density at radius 3 is 1.52 bits per heavy atom. The molecular weight excluding hydrogens is 352 g/mol. The SMILES string of the molecule is CCCCCC1SC1CCCCCCCCCCCCCCCC(=O)OC. The van der Waals surface area contributed by atoms with Crippen molar-refractivity contribution in [2.45, 2.75) is 139 Å². The highest BCUT2D eigenvalue weighted by molar-refractivity contribution is 8.07. The molecule has 0 aromatic carbocycles. The summed E-state index contributed by atoms with van der Waals surface area (Å²) in [4.78, 5) is 11.0. The number of rotatable bonds is 20. The van der Waals surface area contributed by atoms with Gasteiger partial charge in [0.1, 0.15) is 0 Å². The van der Waals surface area contributed by atoms with Crippen LogP contribution in [0.1, 0.15) is 129 Å². The number of hydrogen-bond acceptors (Lipinski definition) is 3. The molecule has 0 amide bonds. The first-order valence-corrected chi connectivity index (χ1v) is 12.9. The Labute approximate surface area is 174 Å². The van der Waals surface area contributed by atoms with Crippen molar-refractivity contribution in [1.82, 2.24) is 0 Å². The van der Waals surface area contributed by atoms with Crippen LogP contribution < -0.4 is 0 Å². The fraction of sp³-hybridized carbons (Fsp3) is 0.958. The molecule has 0 aromatic heterocycles. The van der Waals surface area contributed by atoms with Crippen LogP contribution in [0.3, 0.4) is 0 Å². The van der Waals surface area contributed by atoms with Gasteiger partial charge in [0.05, 0.1) is 7.11 Å². The second kappa shape index (κ2) is 17.9. The topological polar surface area (TPSA) is 26.3 Å². The molecule has 2 nitrogen and oxygen atoms in total. The van der Waals surface area contributed by atoms with Crippen LogP contribution in [0.5, 0.6) is 0 Å². The van der Waals surface area contributed by atoms with E-state index in [2.05, 4.69) is 23.4 Å². The predicted molar refractivity (Wildman–Crippen MR) is 121 cm³/mol. The van der Waals surface area contributed by atoms with Gasteiger partial charge in [-0.3, -0.25) is 4.79 Å². The van der Waals surface area contributed by atoms with E-state index >= 15 is 0 Å². The molecule has 2 atom stereocenters. The van der Waals surface area contributed by atoms with Crippen LogP contribution in [-0.4, -0.2) is 23.6 Å². The highest BCUT2D eigenvalue weighted by atomic mass is 32.2. The second-order valence-electron chi connectivity index (χ2n) is 8.42. The lowest BCUT2D eigenvalue weighted by Gasteiger charge is -2.03. The highest BCUT2D eigenvalue weighted by Crippen LogP contribution is 2.47. The van der Waals surface area contributed by atoms with E-state index in [4.69, 9.17) is 0 Å². The predicted octanol–water partition coefficient (Wildman–Crippen LogP) is 8.08. The number of carbonyl (C=O) groups excluding carboxylic acids is 1. The van der Waals surface area contributed by atoms with Crippen LogP contribution in [0.15, 0.2) is 0 Å². The number of ether oxygens (including phenoxy) is 1. The van der Waals surface area contributed by atoms with Crippen LogP contribution in [-0.2, 0) is 9.53 Å². The summed E-state index contributed by atoms with van der Waals surface area (Å²) in [5.74, 6) is -0.0620. The van der Waals surface area contributed by atoms with Gasteiger partial charge in [-0.1, -0.05) is 103 Å². The van der Waals surface area contributed by atoms with Gasteiger partial charge in [0.2, 0.25) is 0 Å². The summed E-state index contributed by atoms with van der Waals surface area (Å²) in [7, 11) is 1.47. The van der Waals surface area contributed by atoms with E-state index in [9.17, 15) is 4.79 Å². The van der Waals surface area contributed by atoms with E-state index in [1.54, 1.807) is 0 Å². The molecule has 1 aliphatic rings. The molecular formula is C24H46O2S. The normalized spacial score (nSPS) is 18.6. The Kier molecular flexibility index (Phi) is 16.5. The van der Waals surface area contributed by atoms with E-state index in [0.29, 0.717) is 6.42 Å². The third-order valence-electron chi connectivity index (χ3n) is 5.88. The average Bonchev–Trinajstić information content (AvgIpc) is 3.43. The molecule has 160 valence electrons. The van der Waals surface area contributed by atoms with E-state index < -0.39 is 0 Å². The number of unbranched alkanes of at least 4 members (excludes halogenated alkanes) is 14. The Hall–Kier alpha value is -0.180. The molecule has 0 saturated carbocycles. The zero-order valence-corrected chi connectivity index (χ0v) is 19.1. The Morgan fingerprint density at radius 2 is 1.07 bits per heavy atom. The van der Waals surface area contributed by atoms with Gasteiger partial charge in [-0.2, -0.15) is 11.8 Å². The number of carbonyl (C=O) groups is 1. The number of methoxy groups -OCH3 is 1. The zero-order valence-electron chi connectivity index (χ0n) is 18.3. The lowest BCUT2D eigenvalue weighted by Crippen LogP contribution is -1.99. The van der Waals surface area contributed by atoms with Gasteiger partial charge in [0, 0.05) is 16.9 Å². The number of hydrogen-bond donors (Lipinski definition) is 0. The van der Waals surface area contributed by atoms with Crippen molar-refractivity contribution in [3.8, 4) is 0 Å². The van der Waals surface area contributed by atoms with Crippen LogP contribution in [0.25, 0.3) is 0 Å². The van der Waals surface area contributed by atoms with Gasteiger partial charge in [-0.25, -0.2) is 0 Å². The fourth-order valence-electron chi connectivity index (χ4n) is 3.94. The van der Waals surface area contributed by atoms with Gasteiger partial charge >= 0.3 is 5.97 Å². The average molecular weight is 399 g/mol. The minimum atomic E-state index is -0.0620. The fourth-order valence-corrected chi connectivity index (χ4v) is 5.18. The van der Waals surface area contributed by atoms with Crippen molar-refractivity contribution < 1.29 is 9.53 Å². The zero-order chi connectivity index (χ0) is 19.6. The lowest BCUT2D eigenvalue weighted by atomic mass is 10.0. The third kappa shape index (κ3) is 15.4. The molecule has 0 aliphatic carbocycles. The molecule has 1 fully saturated rings. The molecule has 2 unspecified atom stereocenters. The molecule has 1 heterocycles. The van der Waals surface area contributed by atoms with Crippen molar-refractivity contribution in [2.24, 2.45) is 0 Å². The molecule has 0 aromatic rings. The van der Waals surface area contributed by atoms with Crippen molar-refractivity contribution in [3.63, 3.8) is 0 Å². The Morgan fingerprint density at radius 1 is 0.667 bits per heavy atom. The lowest BCUT2D eigenvalue weighted by molar-refractivity contribution is -0.140. The molecule has 0 N–H and O–H groups in total. The minimum absolute atomic E-state index is 0.0620. The summed E-state index contributed by atoms with van der Waals surface area (Å²) in [5.41, 5.74) is 0. The van der Waals surface area contributed by atoms with Crippen LogP contribution in [0, 0.1) is 0 Å². The summed E-state index contributed by atoms with van der Waals surface area (Å²) in [5, 5.41) is 2.06. The molecule has 1 saturated heterocycles. The van der Waals surface area contributed by atoms with Crippen LogP contribution >= 0.6 is 11.8 Å². The summed E-state index contributed by atoms with van der Waals surface area (Å²) >= 11 is 2.25. The quantitative estimate of drug-likeness (QED) is 0.118. The Balaban J connectivity index is 1.68. The third-order valence-corrected chi connectivity index (χ3v) is 7.39. The van der Waals surface area contributed by atoms with Crippen LogP contribution in [0.2, 0.25) is 0 Å². The number of thioether (sulfide) groups is 1. The molecule has 27 heavy (non-hydrogen) atoms. The molecule has 1 rings (SSSR count). The van der Waals surface area contributed by atoms with E-state index in [1.165, 1.54) is 116 Å². The highest BCUT2D eigenvalue weighted by Gasteiger charge is 2.36. The van der Waals surface area contributed by atoms with Gasteiger partial charge in [-0.15, -0.1) is 0 Å². The second-order valence-corrected chi connectivity index (χ2v) is 9.90. The maximum Gasteiger partial charge on any atom is 0.305 e. The van der Waals surface area contributed by atoms with Gasteiger partial charge in [0.15, 0.2) is 0 Å². The minimum Gasteiger partial charge on any atom is -0.469 e. The smallest absolute Gasteiger partial charge is 0.305 e. The van der Waals surface area contributed by atoms with Crippen molar-refractivity contribution in [2.75, 3.05) is 7.11 Å². The maximum absolute atomic E-state index is 11.0. The van der Waals surface area contributed by atoms with Crippen molar-refractivity contribution >= 4 is 17.7 Å². The van der Waals surface area contributed by atoms with E-state index in [0.717, 1.165) is 16.9 Å². The first-order valence-electron chi connectivity index (χ1n) is 12.0. The molecule has 0 spiro atoms. The molecule has 3 heteroatoms. The van der Waals surface area contributed by atoms with Crippen LogP contribution in [0.4, 0.5) is 0 Å². The largest absolute Gasteiger partial charge is 0.469 e. The van der Waals surface area contributed by atoms with Gasteiger partial charge < -0.3 is 4.74 Å². The standard InChI is InChI=1S/C24H46O2S/c1-3-4-16-19-22-23(27-22)20-17-14-12-10-8-6-5-7-9-11-13-15-18-21-24(25)26-2/h22-23H,3-21H2,1-2H3. The maximum atomic E-state index is 11.0. The van der Waals surface area contributed by atoms with Gasteiger partial charge in [0.25, 0.3) is 0 Å². The van der Waals surface area contributed by atoms with Crippen molar-refractivity contribution in [3.05, 3.63) is 0 Å². The van der Waals surface area contributed by atoms with Gasteiger partial charge in [-0.05, 0) is 19.3 Å². The summed E-state index contributed by atoms with van der Waals surface area (Å²) in [6, 6.07) is 0. The summed E-state index contributed by atoms with van der Waals surface area (Å²) in [6.07, 6.45) is 25.5. The summed E-state index contributed by atoms with van der Waals surface area (Å²) < 4.78 is 4.66. The molecule has 0 radical (unpaired) electrons.